The molecule has 0 amide bonds. The van der Waals surface area contributed by atoms with E-state index in [1.54, 1.807) is 6.07 Å². The summed E-state index contributed by atoms with van der Waals surface area (Å²) in [6.07, 6.45) is 0. The van der Waals surface area contributed by atoms with E-state index in [1.165, 1.54) is 13.0 Å². The van der Waals surface area contributed by atoms with Crippen LogP contribution < -0.4 is 10.5 Å². The summed E-state index contributed by atoms with van der Waals surface area (Å²) in [5.41, 5.74) is 3.62. The maximum atomic E-state index is 13.3. The van der Waals surface area contributed by atoms with Crippen molar-refractivity contribution in [3.63, 3.8) is 0 Å². The van der Waals surface area contributed by atoms with Gasteiger partial charge < -0.3 is 10.5 Å². The number of nitriles is 1. The number of ether oxygens (including phenoxy) is 1. The molecule has 1 rings (SSSR count). The number of nitrogens with two attached hydrogens (primary N) is 1. The Balaban J connectivity index is 2.99. The second kappa shape index (κ2) is 4.76. The molecule has 1 aromatic rings. The number of rotatable bonds is 4. The average Bonchev–Trinajstić information content (AvgIpc) is 2.27. The monoisotopic (exact) mass is 239 g/mol. The van der Waals surface area contributed by atoms with Crippen LogP contribution in [-0.4, -0.2) is 17.1 Å². The van der Waals surface area contributed by atoms with E-state index in [0.29, 0.717) is 0 Å². The molecule has 6 nitrogen and oxygen atoms in total. The third-order valence-electron chi connectivity index (χ3n) is 1.91. The molecule has 17 heavy (non-hydrogen) atoms. The molecule has 0 bridgehead atoms. The summed E-state index contributed by atoms with van der Waals surface area (Å²) in [6, 6.07) is 5.08. The number of benzene rings is 1. The fourth-order valence-electron chi connectivity index (χ4n) is 1.04. The molecule has 0 heterocycles. The predicted octanol–water partition coefficient (Wildman–Crippen LogP) is 1.35. The lowest BCUT2D eigenvalue weighted by molar-refractivity contribution is -0.386. The highest BCUT2D eigenvalue weighted by Gasteiger charge is 2.24. The molecule has 90 valence electrons. The van der Waals surface area contributed by atoms with Crippen molar-refractivity contribution in [2.45, 2.75) is 12.5 Å². The Bertz CT molecular complexity index is 482. The quantitative estimate of drug-likeness (QED) is 0.631. The maximum Gasteiger partial charge on any atom is 0.314 e. The normalized spacial score (nSPS) is 13.5. The average molecular weight is 239 g/mol. The van der Waals surface area contributed by atoms with Crippen LogP contribution in [0.5, 0.6) is 5.75 Å². The number of para-hydroxylation sites is 1. The number of halogens is 1. The zero-order chi connectivity index (χ0) is 13.1. The van der Waals surface area contributed by atoms with Crippen LogP contribution in [0.25, 0.3) is 0 Å². The first kappa shape index (κ1) is 12.9. The highest BCUT2D eigenvalue weighted by molar-refractivity contribution is 5.47. The number of hydrogen-bond acceptors (Lipinski definition) is 5. The lowest BCUT2D eigenvalue weighted by Gasteiger charge is -2.16. The largest absolute Gasteiger partial charge is 0.482 e. The van der Waals surface area contributed by atoms with Crippen molar-refractivity contribution in [1.29, 1.82) is 5.26 Å². The molecule has 1 atom stereocenters. The van der Waals surface area contributed by atoms with Gasteiger partial charge in [-0.1, -0.05) is 6.07 Å². The maximum absolute atomic E-state index is 13.3. The topological polar surface area (TPSA) is 102 Å². The molecule has 1 aromatic carbocycles. The standard InChI is InChI=1S/C10H10FN3O3/c1-10(13,5-12)6-17-9-7(11)3-2-4-8(9)14(15)16/h2-4H,6,13H2,1H3. The van der Waals surface area contributed by atoms with Crippen molar-refractivity contribution >= 4 is 5.69 Å². The summed E-state index contributed by atoms with van der Waals surface area (Å²) in [6.45, 7) is 1.03. The molecule has 7 heteroatoms. The van der Waals surface area contributed by atoms with Crippen LogP contribution in [0.3, 0.4) is 0 Å². The summed E-state index contributed by atoms with van der Waals surface area (Å²) in [7, 11) is 0. The van der Waals surface area contributed by atoms with Gasteiger partial charge in [0.25, 0.3) is 0 Å². The first-order chi connectivity index (χ1) is 7.87. The minimum absolute atomic E-state index is 0.342. The number of nitro benzene ring substituents is 1. The molecule has 0 spiro atoms. The SMILES string of the molecule is CC(N)(C#N)COc1c(F)cccc1[N+](=O)[O-]. The summed E-state index contributed by atoms with van der Waals surface area (Å²) in [5, 5.41) is 19.3. The van der Waals surface area contributed by atoms with E-state index in [4.69, 9.17) is 15.7 Å². The van der Waals surface area contributed by atoms with Gasteiger partial charge in [0.2, 0.25) is 5.75 Å². The Morgan fingerprint density at radius 2 is 2.35 bits per heavy atom. The molecule has 1 unspecified atom stereocenters. The third-order valence-corrected chi connectivity index (χ3v) is 1.91. The van der Waals surface area contributed by atoms with Crippen molar-refractivity contribution in [2.75, 3.05) is 6.61 Å². The lowest BCUT2D eigenvalue weighted by Crippen LogP contribution is -2.40. The molecule has 0 aliphatic rings. The van der Waals surface area contributed by atoms with Gasteiger partial charge >= 0.3 is 5.69 Å². The van der Waals surface area contributed by atoms with Gasteiger partial charge in [-0.05, 0) is 13.0 Å². The highest BCUT2D eigenvalue weighted by Crippen LogP contribution is 2.29. The minimum atomic E-state index is -1.34. The van der Waals surface area contributed by atoms with E-state index in [1.807, 2.05) is 0 Å². The van der Waals surface area contributed by atoms with E-state index in [-0.39, 0.29) is 6.61 Å². The molecule has 0 fully saturated rings. The van der Waals surface area contributed by atoms with Gasteiger partial charge in [0.15, 0.2) is 5.82 Å². The van der Waals surface area contributed by atoms with Gasteiger partial charge in [0, 0.05) is 6.07 Å². The Morgan fingerprint density at radius 1 is 1.71 bits per heavy atom. The molecule has 0 radical (unpaired) electrons. The molecular formula is C10H10FN3O3. The summed E-state index contributed by atoms with van der Waals surface area (Å²) >= 11 is 0. The van der Waals surface area contributed by atoms with E-state index in [2.05, 4.69) is 0 Å². The van der Waals surface area contributed by atoms with Crippen molar-refractivity contribution in [3.8, 4) is 11.8 Å². The fraction of sp³-hybridized carbons (Fsp3) is 0.300. The fourth-order valence-corrected chi connectivity index (χ4v) is 1.04. The van der Waals surface area contributed by atoms with E-state index >= 15 is 0 Å². The van der Waals surface area contributed by atoms with Crippen LogP contribution in [0.1, 0.15) is 6.92 Å². The van der Waals surface area contributed by atoms with Crippen LogP contribution in [0, 0.1) is 27.3 Å². The Kier molecular flexibility index (Phi) is 3.60. The Hall–Kier alpha value is -2.20. The number of nitro groups is 1. The van der Waals surface area contributed by atoms with Crippen LogP contribution >= 0.6 is 0 Å². The summed E-state index contributed by atoms with van der Waals surface area (Å²) in [4.78, 5) is 9.87. The molecule has 0 aliphatic carbocycles. The molecule has 0 saturated heterocycles. The second-order valence-electron chi connectivity index (χ2n) is 3.66. The first-order valence-electron chi connectivity index (χ1n) is 4.63. The van der Waals surface area contributed by atoms with Crippen molar-refractivity contribution < 1.29 is 14.1 Å². The molecule has 2 N–H and O–H groups in total. The van der Waals surface area contributed by atoms with Crippen LogP contribution in [0.2, 0.25) is 0 Å². The molecule has 0 aliphatic heterocycles. The summed E-state index contributed by atoms with van der Waals surface area (Å²) in [5.74, 6) is -1.38. The van der Waals surface area contributed by atoms with Crippen molar-refractivity contribution in [2.24, 2.45) is 5.73 Å². The van der Waals surface area contributed by atoms with Gasteiger partial charge in [-0.25, -0.2) is 4.39 Å². The van der Waals surface area contributed by atoms with Gasteiger partial charge in [0.05, 0.1) is 11.0 Å². The van der Waals surface area contributed by atoms with Gasteiger partial charge in [-0.2, -0.15) is 5.26 Å². The zero-order valence-electron chi connectivity index (χ0n) is 9.01. The smallest absolute Gasteiger partial charge is 0.314 e. The lowest BCUT2D eigenvalue weighted by atomic mass is 10.1. The number of hydrogen-bond donors (Lipinski definition) is 1. The molecule has 0 saturated carbocycles. The number of nitrogens with zero attached hydrogens (tertiary/aromatic N) is 2. The predicted molar refractivity (Wildman–Crippen MR) is 56.8 cm³/mol. The van der Waals surface area contributed by atoms with Crippen LogP contribution in [0.15, 0.2) is 18.2 Å². The molecule has 0 aromatic heterocycles. The Morgan fingerprint density at radius 3 is 2.88 bits per heavy atom. The molecular weight excluding hydrogens is 229 g/mol. The van der Waals surface area contributed by atoms with Crippen LogP contribution in [-0.2, 0) is 0 Å². The van der Waals surface area contributed by atoms with Gasteiger partial charge in [-0.3, -0.25) is 10.1 Å². The van der Waals surface area contributed by atoms with Gasteiger partial charge in [0.1, 0.15) is 12.1 Å². The highest BCUT2D eigenvalue weighted by atomic mass is 19.1. The third kappa shape index (κ3) is 3.12. The van der Waals surface area contributed by atoms with Crippen LogP contribution in [0.4, 0.5) is 10.1 Å². The van der Waals surface area contributed by atoms with Crippen molar-refractivity contribution in [3.05, 3.63) is 34.1 Å². The van der Waals surface area contributed by atoms with E-state index in [9.17, 15) is 14.5 Å². The Labute approximate surface area is 96.6 Å². The van der Waals surface area contributed by atoms with E-state index in [0.717, 1.165) is 12.1 Å². The second-order valence-corrected chi connectivity index (χ2v) is 3.66. The summed E-state index contributed by atoms with van der Waals surface area (Å²) < 4.78 is 18.3. The van der Waals surface area contributed by atoms with Gasteiger partial charge in [-0.15, -0.1) is 0 Å². The first-order valence-corrected chi connectivity index (χ1v) is 4.63. The zero-order valence-corrected chi connectivity index (χ0v) is 9.01. The van der Waals surface area contributed by atoms with Crippen molar-refractivity contribution in [1.82, 2.24) is 0 Å². The minimum Gasteiger partial charge on any atom is -0.482 e. The van der Waals surface area contributed by atoms with E-state index < -0.39 is 27.7 Å².